The highest BCUT2D eigenvalue weighted by molar-refractivity contribution is 5.50. The van der Waals surface area contributed by atoms with E-state index < -0.39 is 0 Å². The van der Waals surface area contributed by atoms with Gasteiger partial charge in [-0.3, -0.25) is 0 Å². The van der Waals surface area contributed by atoms with Gasteiger partial charge in [-0.1, -0.05) is 6.92 Å². The molecule has 1 saturated heterocycles. The standard InChI is InChI=1S/C13H19N2O/c1-3-14-7-9-15(10-8-14)12-5-4-6-13(11-12)16-2/h4-5,11H,3,7-10H2,1-2H3. The zero-order valence-electron chi connectivity index (χ0n) is 10.1. The average Bonchev–Trinajstić information content (AvgIpc) is 2.39. The van der Waals surface area contributed by atoms with Crippen LogP contribution in [-0.4, -0.2) is 44.7 Å². The number of anilines is 1. The van der Waals surface area contributed by atoms with Gasteiger partial charge < -0.3 is 14.5 Å². The number of hydrogen-bond acceptors (Lipinski definition) is 3. The predicted molar refractivity (Wildman–Crippen MR) is 66.2 cm³/mol. The van der Waals surface area contributed by atoms with Crippen LogP contribution in [-0.2, 0) is 0 Å². The Balaban J connectivity index is 2.02. The highest BCUT2D eigenvalue weighted by Gasteiger charge is 2.15. The maximum absolute atomic E-state index is 5.20. The van der Waals surface area contributed by atoms with Crippen molar-refractivity contribution in [3.63, 3.8) is 0 Å². The molecule has 1 heterocycles. The summed E-state index contributed by atoms with van der Waals surface area (Å²) in [5.41, 5.74) is 1.24. The van der Waals surface area contributed by atoms with Crippen LogP contribution >= 0.6 is 0 Å². The molecule has 0 unspecified atom stereocenters. The maximum atomic E-state index is 5.20. The quantitative estimate of drug-likeness (QED) is 0.768. The Bertz CT molecular complexity index is 332. The van der Waals surface area contributed by atoms with Crippen LogP contribution in [0, 0.1) is 6.07 Å². The molecule has 3 heteroatoms. The van der Waals surface area contributed by atoms with Crippen LogP contribution in [0.3, 0.4) is 0 Å². The molecule has 0 N–H and O–H groups in total. The Morgan fingerprint density at radius 1 is 1.31 bits per heavy atom. The van der Waals surface area contributed by atoms with Gasteiger partial charge in [0.05, 0.1) is 7.11 Å². The summed E-state index contributed by atoms with van der Waals surface area (Å²) in [7, 11) is 1.69. The molecule has 0 atom stereocenters. The van der Waals surface area contributed by atoms with Gasteiger partial charge in [0.25, 0.3) is 0 Å². The van der Waals surface area contributed by atoms with Gasteiger partial charge in [0.1, 0.15) is 5.75 Å². The van der Waals surface area contributed by atoms with Crippen LogP contribution in [0.15, 0.2) is 18.2 Å². The van der Waals surface area contributed by atoms with E-state index in [2.05, 4.69) is 34.9 Å². The molecule has 0 amide bonds. The number of benzene rings is 1. The largest absolute Gasteiger partial charge is 0.496 e. The molecule has 3 nitrogen and oxygen atoms in total. The monoisotopic (exact) mass is 219 g/mol. The van der Waals surface area contributed by atoms with E-state index in [4.69, 9.17) is 4.74 Å². The van der Waals surface area contributed by atoms with Gasteiger partial charge in [-0.05, 0) is 18.7 Å². The minimum atomic E-state index is 0.815. The summed E-state index contributed by atoms with van der Waals surface area (Å²) in [6.07, 6.45) is 0. The lowest BCUT2D eigenvalue weighted by atomic mass is 10.2. The fourth-order valence-corrected chi connectivity index (χ4v) is 2.07. The van der Waals surface area contributed by atoms with Crippen molar-refractivity contribution in [2.24, 2.45) is 0 Å². The van der Waals surface area contributed by atoms with Crippen molar-refractivity contribution in [3.8, 4) is 5.75 Å². The molecule has 1 aliphatic rings. The molecule has 0 aliphatic carbocycles. The minimum absolute atomic E-state index is 0.815. The third-order valence-corrected chi connectivity index (χ3v) is 3.16. The van der Waals surface area contributed by atoms with Gasteiger partial charge in [-0.2, -0.15) is 0 Å². The number of hydrogen-bond donors (Lipinski definition) is 0. The van der Waals surface area contributed by atoms with Crippen molar-refractivity contribution in [2.45, 2.75) is 6.92 Å². The van der Waals surface area contributed by atoms with Crippen LogP contribution in [0.5, 0.6) is 5.75 Å². The number of ether oxygens (including phenoxy) is 1. The van der Waals surface area contributed by atoms with E-state index in [9.17, 15) is 0 Å². The molecule has 16 heavy (non-hydrogen) atoms. The molecule has 0 saturated carbocycles. The maximum Gasteiger partial charge on any atom is 0.128 e. The van der Waals surface area contributed by atoms with Crippen molar-refractivity contribution in [1.29, 1.82) is 0 Å². The summed E-state index contributed by atoms with van der Waals surface area (Å²) in [5, 5.41) is 0. The van der Waals surface area contributed by atoms with E-state index in [1.165, 1.54) is 5.69 Å². The molecule has 0 bridgehead atoms. The van der Waals surface area contributed by atoms with Crippen LogP contribution in [0.25, 0.3) is 0 Å². The van der Waals surface area contributed by atoms with Gasteiger partial charge in [0.15, 0.2) is 0 Å². The van der Waals surface area contributed by atoms with Crippen LogP contribution < -0.4 is 9.64 Å². The molecule has 1 fully saturated rings. The first kappa shape index (κ1) is 11.3. The summed E-state index contributed by atoms with van der Waals surface area (Å²) >= 11 is 0. The molecule has 0 aromatic heterocycles. The zero-order valence-corrected chi connectivity index (χ0v) is 10.1. The summed E-state index contributed by atoms with van der Waals surface area (Å²) in [5.74, 6) is 0.815. The highest BCUT2D eigenvalue weighted by atomic mass is 16.5. The van der Waals surface area contributed by atoms with E-state index in [0.717, 1.165) is 38.5 Å². The molecule has 1 aromatic rings. The molecule has 1 aromatic carbocycles. The van der Waals surface area contributed by atoms with Gasteiger partial charge >= 0.3 is 0 Å². The van der Waals surface area contributed by atoms with E-state index in [-0.39, 0.29) is 0 Å². The second-order valence-electron chi connectivity index (χ2n) is 4.04. The van der Waals surface area contributed by atoms with Crippen molar-refractivity contribution < 1.29 is 4.74 Å². The summed E-state index contributed by atoms with van der Waals surface area (Å²) in [6.45, 7) is 7.87. The van der Waals surface area contributed by atoms with Crippen LogP contribution in [0.4, 0.5) is 5.69 Å². The first-order valence-corrected chi connectivity index (χ1v) is 5.86. The Labute approximate surface area is 97.6 Å². The van der Waals surface area contributed by atoms with E-state index in [1.807, 2.05) is 6.07 Å². The number of likely N-dealkylation sites (N-methyl/N-ethyl adjacent to an activating group) is 1. The first-order chi connectivity index (χ1) is 7.83. The zero-order chi connectivity index (χ0) is 11.4. The lowest BCUT2D eigenvalue weighted by Crippen LogP contribution is -2.46. The predicted octanol–water partition coefficient (Wildman–Crippen LogP) is 1.64. The third kappa shape index (κ3) is 2.47. The molecule has 87 valence electrons. The minimum Gasteiger partial charge on any atom is -0.496 e. The van der Waals surface area contributed by atoms with Crippen LogP contribution in [0.2, 0.25) is 0 Å². The van der Waals surface area contributed by atoms with Gasteiger partial charge in [-0.25, -0.2) is 0 Å². The van der Waals surface area contributed by atoms with Crippen LogP contribution in [0.1, 0.15) is 6.92 Å². The molecule has 1 aliphatic heterocycles. The topological polar surface area (TPSA) is 15.7 Å². The molecule has 2 rings (SSSR count). The Morgan fingerprint density at radius 2 is 2.06 bits per heavy atom. The highest BCUT2D eigenvalue weighted by Crippen LogP contribution is 2.21. The Hall–Kier alpha value is -1.22. The SMILES string of the molecule is CCN1CCN(c2cc[c]c(OC)c2)CC1. The second-order valence-corrected chi connectivity index (χ2v) is 4.04. The number of piperazine rings is 1. The van der Waals surface area contributed by atoms with E-state index >= 15 is 0 Å². The van der Waals surface area contributed by atoms with Gasteiger partial charge in [-0.15, -0.1) is 0 Å². The fraction of sp³-hybridized carbons (Fsp3) is 0.538. The summed E-state index contributed by atoms with van der Waals surface area (Å²) in [6, 6.07) is 9.15. The molecular formula is C13H19N2O. The van der Waals surface area contributed by atoms with Gasteiger partial charge in [0.2, 0.25) is 0 Å². The summed E-state index contributed by atoms with van der Waals surface area (Å²) in [4.78, 5) is 4.88. The summed E-state index contributed by atoms with van der Waals surface area (Å²) < 4.78 is 5.20. The normalized spacial score (nSPS) is 17.5. The van der Waals surface area contributed by atoms with Gasteiger partial charge in [0, 0.05) is 44.0 Å². The first-order valence-electron chi connectivity index (χ1n) is 5.86. The Kier molecular flexibility index (Phi) is 3.67. The lowest BCUT2D eigenvalue weighted by molar-refractivity contribution is 0.271. The smallest absolute Gasteiger partial charge is 0.128 e. The lowest BCUT2D eigenvalue weighted by Gasteiger charge is -2.35. The molecule has 1 radical (unpaired) electrons. The number of rotatable bonds is 3. The average molecular weight is 219 g/mol. The Morgan fingerprint density at radius 3 is 2.69 bits per heavy atom. The number of methoxy groups -OCH3 is 1. The fourth-order valence-electron chi connectivity index (χ4n) is 2.07. The van der Waals surface area contributed by atoms with E-state index in [0.29, 0.717) is 0 Å². The van der Waals surface area contributed by atoms with Crippen molar-refractivity contribution in [3.05, 3.63) is 24.3 Å². The van der Waals surface area contributed by atoms with Crippen molar-refractivity contribution in [2.75, 3.05) is 44.7 Å². The third-order valence-electron chi connectivity index (χ3n) is 3.16. The second kappa shape index (κ2) is 5.21. The molecule has 0 spiro atoms. The van der Waals surface area contributed by atoms with Crippen molar-refractivity contribution >= 4 is 5.69 Å². The molecular weight excluding hydrogens is 200 g/mol. The number of nitrogens with zero attached hydrogens (tertiary/aromatic N) is 2. The van der Waals surface area contributed by atoms with E-state index in [1.54, 1.807) is 7.11 Å². The van der Waals surface area contributed by atoms with Crippen molar-refractivity contribution in [1.82, 2.24) is 4.90 Å².